The van der Waals surface area contributed by atoms with Crippen LogP contribution in [0.1, 0.15) is 45.6 Å². The molecule has 10 nitrogen and oxygen atoms in total. The van der Waals surface area contributed by atoms with Crippen LogP contribution in [0.25, 0.3) is 0 Å². The first kappa shape index (κ1) is 34.6. The van der Waals surface area contributed by atoms with Crippen molar-refractivity contribution in [3.8, 4) is 0 Å². The van der Waals surface area contributed by atoms with Gasteiger partial charge < -0.3 is 25.6 Å². The summed E-state index contributed by atoms with van der Waals surface area (Å²) >= 11 is 1.55. The summed E-state index contributed by atoms with van der Waals surface area (Å²) in [5.41, 5.74) is 0.942. The van der Waals surface area contributed by atoms with Gasteiger partial charge in [-0.3, -0.25) is 19.2 Å². The van der Waals surface area contributed by atoms with Gasteiger partial charge in [0.15, 0.2) is 6.61 Å². The molecule has 0 radical (unpaired) electrons. The van der Waals surface area contributed by atoms with Crippen LogP contribution in [-0.4, -0.2) is 78.6 Å². The minimum Gasteiger partial charge on any atom is -0.454 e. The molecule has 4 amide bonds. The van der Waals surface area contributed by atoms with Crippen molar-refractivity contribution in [3.63, 3.8) is 0 Å². The highest BCUT2D eigenvalue weighted by Crippen LogP contribution is 2.27. The van der Waals surface area contributed by atoms with Crippen LogP contribution in [0.4, 0.5) is 0 Å². The Morgan fingerprint density at radius 3 is 2.25 bits per heavy atom. The van der Waals surface area contributed by atoms with Crippen molar-refractivity contribution in [2.75, 3.05) is 26.0 Å². The quantitative estimate of drug-likeness (QED) is 0.205. The van der Waals surface area contributed by atoms with Crippen LogP contribution in [0, 0.1) is 11.8 Å². The molecule has 1 heterocycles. The zero-order valence-corrected chi connectivity index (χ0v) is 26.7. The van der Waals surface area contributed by atoms with Crippen molar-refractivity contribution >= 4 is 41.4 Å². The minimum atomic E-state index is -0.833. The number of nitrogens with zero attached hydrogens (tertiary/aromatic N) is 1. The van der Waals surface area contributed by atoms with E-state index in [4.69, 9.17) is 4.74 Å². The first-order valence-electron chi connectivity index (χ1n) is 15.1. The van der Waals surface area contributed by atoms with Crippen LogP contribution in [0.2, 0.25) is 0 Å². The van der Waals surface area contributed by atoms with Crippen LogP contribution < -0.4 is 16.0 Å². The molecule has 1 saturated heterocycles. The highest BCUT2D eigenvalue weighted by atomic mass is 32.2. The van der Waals surface area contributed by atoms with Crippen molar-refractivity contribution in [2.45, 2.75) is 69.5 Å². The van der Waals surface area contributed by atoms with E-state index in [0.717, 1.165) is 10.5 Å². The molecule has 0 saturated carbocycles. The number of hydrogen-bond acceptors (Lipinski definition) is 7. The molecule has 0 aromatic heterocycles. The van der Waals surface area contributed by atoms with E-state index in [2.05, 4.69) is 16.0 Å². The first-order valence-corrected chi connectivity index (χ1v) is 16.1. The Balaban J connectivity index is 1.74. The summed E-state index contributed by atoms with van der Waals surface area (Å²) in [7, 11) is 1.54. The third-order valence-electron chi connectivity index (χ3n) is 7.87. The smallest absolute Gasteiger partial charge is 0.329 e. The van der Waals surface area contributed by atoms with Crippen LogP contribution in [-0.2, 0) is 35.1 Å². The molecule has 0 aliphatic carbocycles. The van der Waals surface area contributed by atoms with E-state index in [-0.39, 0.29) is 17.7 Å². The number of thioether (sulfide) groups is 1. The van der Waals surface area contributed by atoms with E-state index in [0.29, 0.717) is 38.0 Å². The molecule has 3 rings (SSSR count). The lowest BCUT2D eigenvalue weighted by molar-refractivity contribution is -0.157. The van der Waals surface area contributed by atoms with Gasteiger partial charge in [-0.1, -0.05) is 62.4 Å². The average molecular weight is 625 g/mol. The van der Waals surface area contributed by atoms with E-state index in [9.17, 15) is 24.0 Å². The predicted octanol–water partition coefficient (Wildman–Crippen LogP) is 2.95. The van der Waals surface area contributed by atoms with Gasteiger partial charge >= 0.3 is 5.97 Å². The van der Waals surface area contributed by atoms with E-state index < -0.39 is 48.4 Å². The van der Waals surface area contributed by atoms with Gasteiger partial charge in [-0.2, -0.15) is 0 Å². The summed E-state index contributed by atoms with van der Waals surface area (Å²) in [5.74, 6) is -2.46. The number of amides is 4. The molecular weight excluding hydrogens is 580 g/mol. The Hall–Kier alpha value is -3.86. The maximum Gasteiger partial charge on any atom is 0.329 e. The molecular formula is C33H44N4O6S. The maximum atomic E-state index is 14.2. The van der Waals surface area contributed by atoms with E-state index in [1.807, 2.05) is 67.6 Å². The van der Waals surface area contributed by atoms with Gasteiger partial charge in [-0.05, 0) is 43.4 Å². The van der Waals surface area contributed by atoms with Crippen LogP contribution in [0.5, 0.6) is 0 Å². The Labute approximate surface area is 264 Å². The molecule has 2 unspecified atom stereocenters. The predicted molar refractivity (Wildman–Crippen MR) is 170 cm³/mol. The topological polar surface area (TPSA) is 134 Å². The fourth-order valence-corrected chi connectivity index (χ4v) is 6.49. The van der Waals surface area contributed by atoms with Gasteiger partial charge in [0.25, 0.3) is 5.91 Å². The summed E-state index contributed by atoms with van der Waals surface area (Å²) < 4.78 is 5.39. The molecule has 1 aliphatic heterocycles. The number of esters is 1. The Bertz CT molecular complexity index is 1260. The van der Waals surface area contributed by atoms with E-state index in [1.165, 1.54) is 14.0 Å². The summed E-state index contributed by atoms with van der Waals surface area (Å²) in [6, 6.07) is 17.6. The maximum absolute atomic E-state index is 14.2. The van der Waals surface area contributed by atoms with Gasteiger partial charge in [-0.25, -0.2) is 4.79 Å². The molecule has 1 aliphatic rings. The molecule has 3 N–H and O–H groups in total. The zero-order valence-electron chi connectivity index (χ0n) is 25.9. The fourth-order valence-electron chi connectivity index (χ4n) is 5.45. The average Bonchev–Trinajstić information content (AvgIpc) is 3.53. The third-order valence-corrected chi connectivity index (χ3v) is 9.00. The minimum absolute atomic E-state index is 0.195. The van der Waals surface area contributed by atoms with Gasteiger partial charge in [0.05, 0.1) is 17.9 Å². The second-order valence-corrected chi connectivity index (χ2v) is 12.1. The Morgan fingerprint density at radius 2 is 1.64 bits per heavy atom. The third kappa shape index (κ3) is 10.1. The normalized spacial score (nSPS) is 17.1. The van der Waals surface area contributed by atoms with Gasteiger partial charge in [0.2, 0.25) is 17.7 Å². The second kappa shape index (κ2) is 17.4. The van der Waals surface area contributed by atoms with Crippen molar-refractivity contribution in [3.05, 3.63) is 66.2 Å². The molecule has 44 heavy (non-hydrogen) atoms. The molecule has 0 bridgehead atoms. The van der Waals surface area contributed by atoms with E-state index >= 15 is 0 Å². The van der Waals surface area contributed by atoms with Crippen LogP contribution >= 0.6 is 11.8 Å². The molecule has 2 aromatic carbocycles. The molecule has 238 valence electrons. The molecule has 1 fully saturated rings. The Kier molecular flexibility index (Phi) is 13.7. The van der Waals surface area contributed by atoms with Gasteiger partial charge in [0, 0.05) is 37.2 Å². The number of likely N-dealkylation sites (tertiary alicyclic amines) is 1. The summed E-state index contributed by atoms with van der Waals surface area (Å²) in [6.45, 7) is 4.88. The van der Waals surface area contributed by atoms with Crippen molar-refractivity contribution in [2.24, 2.45) is 11.8 Å². The van der Waals surface area contributed by atoms with Crippen molar-refractivity contribution in [1.29, 1.82) is 0 Å². The first-order chi connectivity index (χ1) is 21.1. The number of ether oxygens (including phenoxy) is 1. The second-order valence-electron chi connectivity index (χ2n) is 11.0. The molecule has 11 heteroatoms. The molecule has 5 atom stereocenters. The zero-order chi connectivity index (χ0) is 32.1. The number of nitrogens with one attached hydrogen (secondary N) is 3. The number of hydrogen-bond donors (Lipinski definition) is 3. The number of rotatable bonds is 15. The lowest BCUT2D eigenvalue weighted by Crippen LogP contribution is -2.52. The monoisotopic (exact) mass is 624 g/mol. The van der Waals surface area contributed by atoms with E-state index in [1.54, 1.807) is 23.6 Å². The summed E-state index contributed by atoms with van der Waals surface area (Å²) in [5, 5.41) is 8.34. The van der Waals surface area contributed by atoms with Crippen LogP contribution in [0.3, 0.4) is 0 Å². The summed E-state index contributed by atoms with van der Waals surface area (Å²) in [4.78, 5) is 66.9. The lowest BCUT2D eigenvalue weighted by atomic mass is 9.91. The number of carbonyl (C=O) groups is 5. The summed E-state index contributed by atoms with van der Waals surface area (Å²) in [6.07, 6.45) is 1.93. The number of carbonyl (C=O) groups excluding carboxylic acids is 5. The lowest BCUT2D eigenvalue weighted by Gasteiger charge is -2.32. The highest BCUT2D eigenvalue weighted by molar-refractivity contribution is 7.99. The van der Waals surface area contributed by atoms with Crippen molar-refractivity contribution in [1.82, 2.24) is 20.9 Å². The van der Waals surface area contributed by atoms with Gasteiger partial charge in [0.1, 0.15) is 6.04 Å². The highest BCUT2D eigenvalue weighted by Gasteiger charge is 2.41. The molecule has 2 aromatic rings. The largest absolute Gasteiger partial charge is 0.454 e. The Morgan fingerprint density at radius 1 is 0.977 bits per heavy atom. The van der Waals surface area contributed by atoms with Crippen LogP contribution in [0.15, 0.2) is 65.6 Å². The molecule has 0 spiro atoms. The fraction of sp³-hybridized carbons (Fsp3) is 0.485. The SMILES string of the molecule is CCC(NC(=O)COC(=O)[C@@H]1CCCN1C(=O)C(Cc1ccccc1)[C@@H](CSc1ccccc1)NC(C)=O)[C@H](C)C(=O)NC. The standard InChI is InChI=1S/C33H44N4O6S/c1-5-27(22(2)31(40)34-4)36-30(39)20-43-33(42)29-17-12-18-37(29)32(41)26(19-24-13-8-6-9-14-24)28(35-23(3)38)21-44-25-15-10-7-11-16-25/h6-11,13-16,22,26-29H,5,12,17-21H2,1-4H3,(H,34,40)(H,35,38)(H,36,39)/t22-,26?,27?,28+,29-/m0/s1. The van der Waals surface area contributed by atoms with Crippen molar-refractivity contribution < 1.29 is 28.7 Å². The van der Waals surface area contributed by atoms with Gasteiger partial charge in [-0.15, -0.1) is 11.8 Å². The number of benzene rings is 2.